The van der Waals surface area contributed by atoms with E-state index in [1.807, 2.05) is 18.3 Å². The van der Waals surface area contributed by atoms with Gasteiger partial charge in [0, 0.05) is 54.7 Å². The van der Waals surface area contributed by atoms with Crippen molar-refractivity contribution in [2.24, 2.45) is 0 Å². The first-order chi connectivity index (χ1) is 23.2. The van der Waals surface area contributed by atoms with E-state index in [1.54, 1.807) is 0 Å². The number of fused-ring (bicyclic) bond motifs is 3. The zero-order valence-corrected chi connectivity index (χ0v) is 32.3. The first-order valence-electron chi connectivity index (χ1n) is 17.1. The van der Waals surface area contributed by atoms with E-state index in [1.165, 1.54) is 11.1 Å². The predicted molar refractivity (Wildman–Crippen MR) is 204 cm³/mol. The number of aromatic hydroxyl groups is 1. The zero-order chi connectivity index (χ0) is 34.7. The molecule has 0 fully saturated rings. The largest absolute Gasteiger partial charge is 0.505 e. The fraction of sp³-hybridized carbons (Fsp3) is 0.244. The van der Waals surface area contributed by atoms with Crippen molar-refractivity contribution in [1.82, 2.24) is 14.5 Å². The molecule has 7 rings (SSSR count). The molecule has 0 aliphatic rings. The van der Waals surface area contributed by atoms with E-state index in [2.05, 4.69) is 163 Å². The van der Waals surface area contributed by atoms with E-state index >= 15 is 0 Å². The van der Waals surface area contributed by atoms with Crippen LogP contribution in [0, 0.1) is 6.07 Å². The van der Waals surface area contributed by atoms with E-state index in [9.17, 15) is 5.11 Å². The first kappa shape index (κ1) is 35.3. The van der Waals surface area contributed by atoms with Crippen LogP contribution in [0.15, 0.2) is 115 Å². The van der Waals surface area contributed by atoms with Crippen LogP contribution in [0.2, 0.25) is 0 Å². The molecule has 0 aliphatic heterocycles. The Bertz CT molecular complexity index is 2340. The van der Waals surface area contributed by atoms with Crippen LogP contribution in [-0.4, -0.2) is 19.6 Å². The average Bonchev–Trinajstić information content (AvgIpc) is 3.41. The van der Waals surface area contributed by atoms with Crippen molar-refractivity contribution in [3.8, 4) is 33.8 Å². The van der Waals surface area contributed by atoms with Gasteiger partial charge in [-0.3, -0.25) is 14.5 Å². The van der Waals surface area contributed by atoms with Gasteiger partial charge in [0.15, 0.2) is 0 Å². The third-order valence-electron chi connectivity index (χ3n) is 9.78. The molecule has 0 saturated heterocycles. The van der Waals surface area contributed by atoms with E-state index in [4.69, 9.17) is 9.97 Å². The second-order valence-electron chi connectivity index (χ2n) is 15.7. The van der Waals surface area contributed by atoms with Gasteiger partial charge in [0.2, 0.25) is 0 Å². The van der Waals surface area contributed by atoms with Gasteiger partial charge in [-0.05, 0) is 57.5 Å². The van der Waals surface area contributed by atoms with Crippen LogP contribution in [0.25, 0.3) is 50.0 Å². The molecule has 1 N–H and O–H groups in total. The van der Waals surface area contributed by atoms with Gasteiger partial charge in [-0.15, -0.1) is 35.4 Å². The maximum atomic E-state index is 12.0. The number of para-hydroxylation sites is 1. The predicted octanol–water partition coefficient (Wildman–Crippen LogP) is 11.3. The molecule has 0 bridgehead atoms. The van der Waals surface area contributed by atoms with Crippen molar-refractivity contribution >= 4 is 21.9 Å². The van der Waals surface area contributed by atoms with Crippen LogP contribution in [0.5, 0.6) is 5.75 Å². The molecule has 0 radical (unpaired) electrons. The summed E-state index contributed by atoms with van der Waals surface area (Å²) in [6.07, 6.45) is 1.90. The zero-order valence-electron chi connectivity index (χ0n) is 30.1. The Morgan fingerprint density at radius 3 is 2.10 bits per heavy atom. The van der Waals surface area contributed by atoms with E-state index in [-0.39, 0.29) is 37.6 Å². The number of nitrogens with zero attached hydrogens (tertiary/aromatic N) is 3. The molecule has 0 amide bonds. The van der Waals surface area contributed by atoms with Gasteiger partial charge < -0.3 is 5.11 Å². The molecular formula is C45H44N3OPt-. The summed E-state index contributed by atoms with van der Waals surface area (Å²) in [6, 6.07) is 41.6. The summed E-state index contributed by atoms with van der Waals surface area (Å²) in [5, 5.41) is 14.1. The molecular weight excluding hydrogens is 794 g/mol. The molecule has 4 nitrogen and oxygen atoms in total. The molecule has 7 aromatic rings. The van der Waals surface area contributed by atoms with Crippen molar-refractivity contribution in [2.45, 2.75) is 71.6 Å². The maximum absolute atomic E-state index is 12.0. The van der Waals surface area contributed by atoms with Crippen LogP contribution < -0.4 is 0 Å². The Morgan fingerprint density at radius 2 is 1.38 bits per heavy atom. The molecule has 3 heterocycles. The number of hydrogen-bond acceptors (Lipinski definition) is 3. The number of aromatic nitrogens is 3. The number of benzene rings is 4. The molecule has 0 atom stereocenters. The van der Waals surface area contributed by atoms with Gasteiger partial charge in [0.1, 0.15) is 11.4 Å². The summed E-state index contributed by atoms with van der Waals surface area (Å²) in [6.45, 7) is 17.5. The minimum absolute atomic E-state index is 0. The Labute approximate surface area is 310 Å². The van der Waals surface area contributed by atoms with Gasteiger partial charge in [-0.2, -0.15) is 0 Å². The van der Waals surface area contributed by atoms with Gasteiger partial charge in [0.05, 0.1) is 11.2 Å². The molecule has 50 heavy (non-hydrogen) atoms. The fourth-order valence-corrected chi connectivity index (χ4v) is 6.73. The van der Waals surface area contributed by atoms with E-state index in [0.717, 1.165) is 61.3 Å². The van der Waals surface area contributed by atoms with Crippen molar-refractivity contribution in [2.75, 3.05) is 0 Å². The Morgan fingerprint density at radius 1 is 0.660 bits per heavy atom. The minimum Gasteiger partial charge on any atom is -0.505 e. The maximum Gasteiger partial charge on any atom is 0.143 e. The van der Waals surface area contributed by atoms with E-state index < -0.39 is 5.41 Å². The Kier molecular flexibility index (Phi) is 9.16. The average molecular weight is 838 g/mol. The van der Waals surface area contributed by atoms with Crippen LogP contribution in [0.1, 0.15) is 77.8 Å². The topological polar surface area (TPSA) is 50.9 Å². The third-order valence-corrected chi connectivity index (χ3v) is 9.78. The number of pyridine rings is 2. The molecule has 3 aromatic heterocycles. The summed E-state index contributed by atoms with van der Waals surface area (Å²) in [5.74, 6) is 0.288. The summed E-state index contributed by atoms with van der Waals surface area (Å²) in [7, 11) is 0. The normalized spacial score (nSPS) is 12.3. The number of phenolic OH excluding ortho intramolecular Hbond substituents is 1. The Hall–Kier alpha value is -4.53. The number of phenols is 1. The van der Waals surface area contributed by atoms with Crippen LogP contribution in [0.3, 0.4) is 0 Å². The van der Waals surface area contributed by atoms with Crippen molar-refractivity contribution in [3.63, 3.8) is 0 Å². The molecule has 256 valence electrons. The SMILES string of the molecule is CC(C)(C)c1cc(-n2c3ccccc3c3ccc(-c4[c-]c(C(C)(C)c5cc(-c6ccccc6)ccn5)ccc4)nc32)c(O)c(C(C)(C)C)c1.[Pt]. The van der Waals surface area contributed by atoms with Gasteiger partial charge >= 0.3 is 0 Å². The second kappa shape index (κ2) is 13.0. The molecule has 0 unspecified atom stereocenters. The second-order valence-corrected chi connectivity index (χ2v) is 15.7. The first-order valence-corrected chi connectivity index (χ1v) is 17.1. The summed E-state index contributed by atoms with van der Waals surface area (Å²) in [4.78, 5) is 10.2. The Balaban J connectivity index is 0.00000432. The standard InChI is InChI=1S/C45H44N3O.Pt/c1-43(2,3)33-27-36(44(4,5)6)41(49)39(28-33)48-38-20-13-12-19-34(38)35-21-22-37(47-42(35)48)31-17-14-18-32(25-31)45(7,8)40-26-30(23-24-46-40)29-15-10-9-11-16-29;/h9-24,26-28,49H,1-8H3;/q-1;. The summed E-state index contributed by atoms with van der Waals surface area (Å²) < 4.78 is 2.14. The van der Waals surface area contributed by atoms with E-state index in [0.29, 0.717) is 0 Å². The molecule has 0 saturated carbocycles. The van der Waals surface area contributed by atoms with Crippen molar-refractivity contribution in [1.29, 1.82) is 0 Å². The number of hydrogen-bond donors (Lipinski definition) is 1. The van der Waals surface area contributed by atoms with Crippen LogP contribution in [0.4, 0.5) is 0 Å². The third kappa shape index (κ3) is 6.31. The van der Waals surface area contributed by atoms with Crippen LogP contribution in [-0.2, 0) is 37.3 Å². The summed E-state index contributed by atoms with van der Waals surface area (Å²) in [5.41, 5.74) is 9.93. The van der Waals surface area contributed by atoms with Crippen LogP contribution >= 0.6 is 0 Å². The van der Waals surface area contributed by atoms with Gasteiger partial charge in [0.25, 0.3) is 0 Å². The van der Waals surface area contributed by atoms with Crippen molar-refractivity contribution in [3.05, 3.63) is 144 Å². The fourth-order valence-electron chi connectivity index (χ4n) is 6.73. The monoisotopic (exact) mass is 837 g/mol. The molecule has 5 heteroatoms. The molecule has 0 spiro atoms. The van der Waals surface area contributed by atoms with Gasteiger partial charge in [-0.25, -0.2) is 0 Å². The van der Waals surface area contributed by atoms with Gasteiger partial charge in [-0.1, -0.05) is 122 Å². The smallest absolute Gasteiger partial charge is 0.143 e. The number of rotatable bonds is 5. The molecule has 0 aliphatic carbocycles. The molecule has 4 aromatic carbocycles. The van der Waals surface area contributed by atoms with Crippen molar-refractivity contribution < 1.29 is 26.2 Å². The minimum atomic E-state index is -0.400. The quantitative estimate of drug-likeness (QED) is 0.176. The summed E-state index contributed by atoms with van der Waals surface area (Å²) >= 11 is 0.